The highest BCUT2D eigenvalue weighted by Gasteiger charge is 2.01. The van der Waals surface area contributed by atoms with Gasteiger partial charge in [0.1, 0.15) is 0 Å². The Morgan fingerprint density at radius 3 is 2.55 bits per heavy atom. The summed E-state index contributed by atoms with van der Waals surface area (Å²) in [6.45, 7) is 6.90. The van der Waals surface area contributed by atoms with E-state index in [0.29, 0.717) is 12.5 Å². The third-order valence-corrected chi connectivity index (χ3v) is 4.09. The van der Waals surface area contributed by atoms with Gasteiger partial charge in [0.2, 0.25) is 0 Å². The Labute approximate surface area is 153 Å². The molecule has 6 heteroatoms. The van der Waals surface area contributed by atoms with Gasteiger partial charge in [-0.25, -0.2) is 4.98 Å². The number of nitrogens with zero attached hydrogens (tertiary/aromatic N) is 2. The first-order valence-corrected chi connectivity index (χ1v) is 8.03. The van der Waals surface area contributed by atoms with E-state index >= 15 is 0 Å². The maximum Gasteiger partial charge on any atom is 0.193 e. The Morgan fingerprint density at radius 2 is 1.95 bits per heavy atom. The number of aliphatic imine (C=N–C) groups is 1. The number of hydrogen-bond acceptors (Lipinski definition) is 3. The molecule has 0 unspecified atom stereocenters. The van der Waals surface area contributed by atoms with Crippen LogP contribution >= 0.6 is 35.3 Å². The second kappa shape index (κ2) is 9.09. The summed E-state index contributed by atoms with van der Waals surface area (Å²) in [6.07, 6.45) is 1.82. The number of hydrogen-bond donors (Lipinski definition) is 2. The predicted molar refractivity (Wildman–Crippen MR) is 107 cm³/mol. The minimum Gasteiger partial charge on any atom is -0.370 e. The number of halogens is 1. The van der Waals surface area contributed by atoms with Gasteiger partial charge in [-0.3, -0.25) is 4.99 Å². The SMILES string of the molecule is CCc1nc(CCN=C(N)Nc2cc(C)cc(C)c2)cs1.I. The maximum atomic E-state index is 5.92. The van der Waals surface area contributed by atoms with Gasteiger partial charge in [0.25, 0.3) is 0 Å². The van der Waals surface area contributed by atoms with Crippen molar-refractivity contribution in [3.8, 4) is 0 Å². The number of anilines is 1. The largest absolute Gasteiger partial charge is 0.370 e. The lowest BCUT2D eigenvalue weighted by Crippen LogP contribution is -2.23. The zero-order valence-electron chi connectivity index (χ0n) is 13.2. The lowest BCUT2D eigenvalue weighted by Gasteiger charge is -2.07. The molecule has 0 amide bonds. The molecule has 0 saturated carbocycles. The average molecular weight is 430 g/mol. The van der Waals surface area contributed by atoms with Crippen LogP contribution < -0.4 is 11.1 Å². The van der Waals surface area contributed by atoms with Crippen molar-refractivity contribution in [1.29, 1.82) is 0 Å². The van der Waals surface area contributed by atoms with Crippen molar-refractivity contribution in [2.45, 2.75) is 33.6 Å². The van der Waals surface area contributed by atoms with E-state index in [1.165, 1.54) is 16.1 Å². The van der Waals surface area contributed by atoms with E-state index in [4.69, 9.17) is 5.73 Å². The van der Waals surface area contributed by atoms with Gasteiger partial charge in [-0.05, 0) is 43.5 Å². The van der Waals surface area contributed by atoms with E-state index in [1.54, 1.807) is 11.3 Å². The smallest absolute Gasteiger partial charge is 0.193 e. The average Bonchev–Trinajstić information content (AvgIpc) is 2.85. The molecule has 2 aromatic rings. The second-order valence-corrected chi connectivity index (χ2v) is 6.05. The summed E-state index contributed by atoms with van der Waals surface area (Å²) in [5, 5.41) is 6.41. The van der Waals surface area contributed by atoms with E-state index in [1.807, 2.05) is 0 Å². The number of thiazole rings is 1. The van der Waals surface area contributed by atoms with Crippen molar-refractivity contribution in [2.75, 3.05) is 11.9 Å². The highest BCUT2D eigenvalue weighted by molar-refractivity contribution is 14.0. The van der Waals surface area contributed by atoms with E-state index < -0.39 is 0 Å². The highest BCUT2D eigenvalue weighted by atomic mass is 127. The Morgan fingerprint density at radius 1 is 1.27 bits per heavy atom. The molecule has 3 N–H and O–H groups in total. The maximum absolute atomic E-state index is 5.92. The van der Waals surface area contributed by atoms with Crippen molar-refractivity contribution in [3.63, 3.8) is 0 Å². The van der Waals surface area contributed by atoms with Crippen LogP contribution in [0, 0.1) is 13.8 Å². The Balaban J connectivity index is 0.00000242. The van der Waals surface area contributed by atoms with Gasteiger partial charge < -0.3 is 11.1 Å². The number of nitrogens with one attached hydrogen (secondary N) is 1. The summed E-state index contributed by atoms with van der Waals surface area (Å²) in [7, 11) is 0. The van der Waals surface area contributed by atoms with Crippen LogP contribution in [0.2, 0.25) is 0 Å². The molecule has 1 aromatic heterocycles. The fraction of sp³-hybridized carbons (Fsp3) is 0.375. The molecule has 0 aliphatic rings. The molecule has 0 aliphatic heterocycles. The first-order chi connectivity index (χ1) is 10.1. The van der Waals surface area contributed by atoms with Gasteiger partial charge in [0, 0.05) is 24.0 Å². The number of aromatic nitrogens is 1. The van der Waals surface area contributed by atoms with E-state index in [2.05, 4.69) is 59.6 Å². The Bertz CT molecular complexity index is 617. The molecule has 22 heavy (non-hydrogen) atoms. The molecule has 120 valence electrons. The molecule has 0 spiro atoms. The van der Waals surface area contributed by atoms with E-state index in [0.717, 1.165) is 24.2 Å². The topological polar surface area (TPSA) is 63.3 Å². The second-order valence-electron chi connectivity index (χ2n) is 5.10. The van der Waals surface area contributed by atoms with Crippen LogP contribution in [-0.2, 0) is 12.8 Å². The van der Waals surface area contributed by atoms with Crippen molar-refractivity contribution < 1.29 is 0 Å². The summed E-state index contributed by atoms with van der Waals surface area (Å²) < 4.78 is 0. The molecular weight excluding hydrogens is 407 g/mol. The molecule has 0 radical (unpaired) electrons. The normalized spacial score (nSPS) is 11.1. The molecule has 0 aliphatic carbocycles. The molecule has 0 saturated heterocycles. The molecule has 1 heterocycles. The fourth-order valence-electron chi connectivity index (χ4n) is 2.15. The van der Waals surface area contributed by atoms with Crippen LogP contribution in [0.3, 0.4) is 0 Å². The molecule has 4 nitrogen and oxygen atoms in total. The summed E-state index contributed by atoms with van der Waals surface area (Å²) in [5.74, 6) is 0.450. The van der Waals surface area contributed by atoms with E-state index in [9.17, 15) is 0 Å². The number of rotatable bonds is 5. The van der Waals surface area contributed by atoms with Gasteiger partial charge in [-0.15, -0.1) is 35.3 Å². The fourth-order valence-corrected chi connectivity index (χ4v) is 2.93. The number of guanidine groups is 1. The molecule has 0 fully saturated rings. The monoisotopic (exact) mass is 430 g/mol. The number of benzene rings is 1. The molecule has 1 aromatic carbocycles. The minimum absolute atomic E-state index is 0. The summed E-state index contributed by atoms with van der Waals surface area (Å²) in [4.78, 5) is 8.88. The van der Waals surface area contributed by atoms with Crippen molar-refractivity contribution in [1.82, 2.24) is 4.98 Å². The number of aryl methyl sites for hydroxylation is 3. The molecule has 0 atom stereocenters. The standard InChI is InChI=1S/C16H22N4S.HI/c1-4-15-19-13(10-21-15)5-6-18-16(17)20-14-8-11(2)7-12(3)9-14;/h7-10H,4-6H2,1-3H3,(H3,17,18,20);1H. The van der Waals surface area contributed by atoms with Crippen LogP contribution in [0.5, 0.6) is 0 Å². The Hall–Kier alpha value is -1.15. The van der Waals surface area contributed by atoms with Gasteiger partial charge >= 0.3 is 0 Å². The summed E-state index contributed by atoms with van der Waals surface area (Å²) in [6, 6.07) is 6.25. The van der Waals surface area contributed by atoms with Crippen LogP contribution in [0.4, 0.5) is 5.69 Å². The van der Waals surface area contributed by atoms with Crippen LogP contribution in [0.25, 0.3) is 0 Å². The van der Waals surface area contributed by atoms with Gasteiger partial charge in [0.05, 0.1) is 10.7 Å². The quantitative estimate of drug-likeness (QED) is 0.430. The lowest BCUT2D eigenvalue weighted by molar-refractivity contribution is 0.916. The van der Waals surface area contributed by atoms with Crippen molar-refractivity contribution in [3.05, 3.63) is 45.4 Å². The molecule has 2 rings (SSSR count). The van der Waals surface area contributed by atoms with Crippen LogP contribution in [0.1, 0.15) is 28.8 Å². The first kappa shape index (κ1) is 18.9. The third kappa shape index (κ3) is 5.92. The minimum atomic E-state index is 0. The van der Waals surface area contributed by atoms with Crippen molar-refractivity contribution in [2.24, 2.45) is 10.7 Å². The number of nitrogens with two attached hydrogens (primary N) is 1. The van der Waals surface area contributed by atoms with Gasteiger partial charge in [0.15, 0.2) is 5.96 Å². The zero-order chi connectivity index (χ0) is 15.2. The summed E-state index contributed by atoms with van der Waals surface area (Å²) in [5.41, 5.74) is 10.4. The molecule has 0 bridgehead atoms. The van der Waals surface area contributed by atoms with Crippen LogP contribution in [0.15, 0.2) is 28.6 Å². The molecular formula is C16H23IN4S. The van der Waals surface area contributed by atoms with Crippen molar-refractivity contribution >= 4 is 47.0 Å². The first-order valence-electron chi connectivity index (χ1n) is 7.15. The third-order valence-electron chi connectivity index (χ3n) is 3.05. The highest BCUT2D eigenvalue weighted by Crippen LogP contribution is 2.13. The van der Waals surface area contributed by atoms with Crippen LogP contribution in [-0.4, -0.2) is 17.5 Å². The van der Waals surface area contributed by atoms with E-state index in [-0.39, 0.29) is 24.0 Å². The zero-order valence-corrected chi connectivity index (χ0v) is 16.4. The Kier molecular flexibility index (Phi) is 7.81. The summed E-state index contributed by atoms with van der Waals surface area (Å²) >= 11 is 1.71. The van der Waals surface area contributed by atoms with Gasteiger partial charge in [-0.1, -0.05) is 13.0 Å². The lowest BCUT2D eigenvalue weighted by atomic mass is 10.1. The predicted octanol–water partition coefficient (Wildman–Crippen LogP) is 3.91. The van der Waals surface area contributed by atoms with Gasteiger partial charge in [-0.2, -0.15) is 0 Å².